The SMILES string of the molecule is O=C(NCOc1ccccc1)Nc1ccccc1Br. The predicted octanol–water partition coefficient (Wildman–Crippen LogP) is 3.61. The third-order valence-electron chi connectivity index (χ3n) is 2.34. The Kier molecular flexibility index (Phi) is 4.80. The van der Waals surface area contributed by atoms with Gasteiger partial charge in [-0.1, -0.05) is 30.3 Å². The Bertz CT molecular complexity index is 546. The normalized spacial score (nSPS) is 9.74. The van der Waals surface area contributed by atoms with E-state index in [4.69, 9.17) is 4.74 Å². The lowest BCUT2D eigenvalue weighted by Crippen LogP contribution is -2.32. The van der Waals surface area contributed by atoms with E-state index >= 15 is 0 Å². The molecule has 0 aliphatic heterocycles. The maximum atomic E-state index is 11.6. The molecule has 2 rings (SSSR count). The molecule has 0 saturated carbocycles. The second-order valence-electron chi connectivity index (χ2n) is 3.71. The summed E-state index contributed by atoms with van der Waals surface area (Å²) < 4.78 is 6.19. The molecule has 0 atom stereocenters. The molecule has 0 bridgehead atoms. The van der Waals surface area contributed by atoms with E-state index in [0.29, 0.717) is 11.4 Å². The number of ether oxygens (including phenoxy) is 1. The lowest BCUT2D eigenvalue weighted by atomic mass is 10.3. The molecule has 0 heterocycles. The van der Waals surface area contributed by atoms with Crippen molar-refractivity contribution in [1.29, 1.82) is 0 Å². The molecular formula is C14H13BrN2O2. The summed E-state index contributed by atoms with van der Waals surface area (Å²) in [5, 5.41) is 5.33. The monoisotopic (exact) mass is 320 g/mol. The maximum absolute atomic E-state index is 11.6. The van der Waals surface area contributed by atoms with E-state index in [9.17, 15) is 4.79 Å². The molecule has 0 saturated heterocycles. The second-order valence-corrected chi connectivity index (χ2v) is 4.57. The smallest absolute Gasteiger partial charge is 0.321 e. The van der Waals surface area contributed by atoms with E-state index in [-0.39, 0.29) is 12.8 Å². The van der Waals surface area contributed by atoms with Crippen LogP contribution >= 0.6 is 15.9 Å². The fourth-order valence-corrected chi connectivity index (χ4v) is 1.81. The fraction of sp³-hybridized carbons (Fsp3) is 0.0714. The minimum Gasteiger partial charge on any atom is -0.473 e. The van der Waals surface area contributed by atoms with Crippen molar-refractivity contribution >= 4 is 27.6 Å². The quantitative estimate of drug-likeness (QED) is 0.845. The van der Waals surface area contributed by atoms with Gasteiger partial charge in [-0.15, -0.1) is 0 Å². The van der Waals surface area contributed by atoms with Gasteiger partial charge in [0.1, 0.15) is 5.75 Å². The molecule has 19 heavy (non-hydrogen) atoms. The van der Waals surface area contributed by atoms with E-state index < -0.39 is 0 Å². The van der Waals surface area contributed by atoms with Crippen molar-refractivity contribution in [3.8, 4) is 5.75 Å². The Morgan fingerprint density at radius 2 is 1.74 bits per heavy atom. The number of halogens is 1. The zero-order valence-corrected chi connectivity index (χ0v) is 11.7. The van der Waals surface area contributed by atoms with Crippen LogP contribution in [0.25, 0.3) is 0 Å². The predicted molar refractivity (Wildman–Crippen MR) is 78.2 cm³/mol. The standard InChI is InChI=1S/C14H13BrN2O2/c15-12-8-4-5-9-13(12)17-14(18)16-10-19-11-6-2-1-3-7-11/h1-9H,10H2,(H2,16,17,18). The second kappa shape index (κ2) is 6.80. The summed E-state index contributed by atoms with van der Waals surface area (Å²) in [5.41, 5.74) is 0.708. The van der Waals surface area contributed by atoms with Gasteiger partial charge >= 0.3 is 6.03 Å². The number of hydrogen-bond acceptors (Lipinski definition) is 2. The molecule has 0 aromatic heterocycles. The molecule has 5 heteroatoms. The highest BCUT2D eigenvalue weighted by Gasteiger charge is 2.03. The van der Waals surface area contributed by atoms with Gasteiger partial charge in [0.05, 0.1) is 5.69 Å². The van der Waals surface area contributed by atoms with Crippen molar-refractivity contribution in [2.24, 2.45) is 0 Å². The van der Waals surface area contributed by atoms with Crippen molar-refractivity contribution in [1.82, 2.24) is 5.32 Å². The van der Waals surface area contributed by atoms with Gasteiger partial charge in [-0.05, 0) is 40.2 Å². The molecule has 2 aromatic rings. The molecule has 0 fully saturated rings. The summed E-state index contributed by atoms with van der Waals surface area (Å²) in [6.45, 7) is 0.111. The van der Waals surface area contributed by atoms with Gasteiger partial charge < -0.3 is 15.4 Å². The van der Waals surface area contributed by atoms with Gasteiger partial charge in [0.25, 0.3) is 0 Å². The number of nitrogens with one attached hydrogen (secondary N) is 2. The molecule has 0 unspecified atom stereocenters. The largest absolute Gasteiger partial charge is 0.473 e. The van der Waals surface area contributed by atoms with Crippen LogP contribution in [0.15, 0.2) is 59.1 Å². The van der Waals surface area contributed by atoms with Gasteiger partial charge in [0, 0.05) is 4.47 Å². The Balaban J connectivity index is 1.78. The minimum absolute atomic E-state index is 0.111. The van der Waals surface area contributed by atoms with Crippen LogP contribution < -0.4 is 15.4 Å². The molecule has 4 nitrogen and oxygen atoms in total. The van der Waals surface area contributed by atoms with Crippen LogP contribution in [0.5, 0.6) is 5.75 Å². The van der Waals surface area contributed by atoms with Gasteiger partial charge in [-0.3, -0.25) is 0 Å². The number of anilines is 1. The van der Waals surface area contributed by atoms with Crippen LogP contribution in [0.4, 0.5) is 10.5 Å². The lowest BCUT2D eigenvalue weighted by molar-refractivity contribution is 0.234. The first kappa shape index (κ1) is 13.4. The van der Waals surface area contributed by atoms with Crippen molar-refractivity contribution in [2.75, 3.05) is 12.0 Å². The van der Waals surface area contributed by atoms with E-state index in [1.165, 1.54) is 0 Å². The number of carbonyl (C=O) groups excluding carboxylic acids is 1. The first-order valence-electron chi connectivity index (χ1n) is 5.73. The highest BCUT2D eigenvalue weighted by Crippen LogP contribution is 2.20. The van der Waals surface area contributed by atoms with Gasteiger partial charge in [-0.2, -0.15) is 0 Å². The third kappa shape index (κ3) is 4.30. The van der Waals surface area contributed by atoms with Crippen LogP contribution in [0, 0.1) is 0 Å². The van der Waals surface area contributed by atoms with E-state index in [2.05, 4.69) is 26.6 Å². The molecular weight excluding hydrogens is 308 g/mol. The summed E-state index contributed by atoms with van der Waals surface area (Å²) in [7, 11) is 0. The summed E-state index contributed by atoms with van der Waals surface area (Å²) >= 11 is 3.36. The Morgan fingerprint density at radius 3 is 2.47 bits per heavy atom. The van der Waals surface area contributed by atoms with E-state index in [1.54, 1.807) is 0 Å². The molecule has 2 aromatic carbocycles. The number of hydrogen-bond donors (Lipinski definition) is 2. The van der Waals surface area contributed by atoms with Crippen molar-refractivity contribution < 1.29 is 9.53 Å². The molecule has 98 valence electrons. The first-order valence-corrected chi connectivity index (χ1v) is 6.52. The Hall–Kier alpha value is -2.01. The number of urea groups is 1. The van der Waals surface area contributed by atoms with Crippen molar-refractivity contribution in [2.45, 2.75) is 0 Å². The van der Waals surface area contributed by atoms with Gasteiger partial charge in [0.2, 0.25) is 0 Å². The molecule has 0 aliphatic rings. The van der Waals surface area contributed by atoms with Crippen LogP contribution in [0.1, 0.15) is 0 Å². The molecule has 0 aliphatic carbocycles. The fourth-order valence-electron chi connectivity index (χ4n) is 1.43. The number of benzene rings is 2. The topological polar surface area (TPSA) is 50.4 Å². The average Bonchev–Trinajstić information content (AvgIpc) is 2.43. The summed E-state index contributed by atoms with van der Waals surface area (Å²) in [4.78, 5) is 11.6. The number of carbonyl (C=O) groups is 1. The molecule has 2 N–H and O–H groups in total. The Labute approximate surface area is 119 Å². The van der Waals surface area contributed by atoms with E-state index in [1.807, 2.05) is 54.6 Å². The number of para-hydroxylation sites is 2. The minimum atomic E-state index is -0.317. The zero-order chi connectivity index (χ0) is 13.5. The highest BCUT2D eigenvalue weighted by atomic mass is 79.9. The molecule has 2 amide bonds. The van der Waals surface area contributed by atoms with Crippen molar-refractivity contribution in [3.63, 3.8) is 0 Å². The highest BCUT2D eigenvalue weighted by molar-refractivity contribution is 9.10. The van der Waals surface area contributed by atoms with Gasteiger partial charge in [0.15, 0.2) is 6.73 Å². The first-order chi connectivity index (χ1) is 9.25. The van der Waals surface area contributed by atoms with Gasteiger partial charge in [-0.25, -0.2) is 4.79 Å². The van der Waals surface area contributed by atoms with Crippen LogP contribution in [0.2, 0.25) is 0 Å². The summed E-state index contributed by atoms with van der Waals surface area (Å²) in [5.74, 6) is 0.712. The average molecular weight is 321 g/mol. The van der Waals surface area contributed by atoms with Crippen LogP contribution in [-0.2, 0) is 0 Å². The van der Waals surface area contributed by atoms with Crippen LogP contribution in [0.3, 0.4) is 0 Å². The van der Waals surface area contributed by atoms with Crippen LogP contribution in [-0.4, -0.2) is 12.8 Å². The third-order valence-corrected chi connectivity index (χ3v) is 3.03. The van der Waals surface area contributed by atoms with E-state index in [0.717, 1.165) is 4.47 Å². The lowest BCUT2D eigenvalue weighted by Gasteiger charge is -2.10. The molecule has 0 radical (unpaired) electrons. The molecule has 0 spiro atoms. The van der Waals surface area contributed by atoms with Crippen molar-refractivity contribution in [3.05, 3.63) is 59.1 Å². The maximum Gasteiger partial charge on any atom is 0.321 e. The zero-order valence-electron chi connectivity index (χ0n) is 10.1. The Morgan fingerprint density at radius 1 is 1.05 bits per heavy atom. The summed E-state index contributed by atoms with van der Waals surface area (Å²) in [6, 6.07) is 16.4. The summed E-state index contributed by atoms with van der Waals surface area (Å²) in [6.07, 6.45) is 0. The number of rotatable bonds is 4. The number of amides is 2.